The van der Waals surface area contributed by atoms with Crippen molar-refractivity contribution in [1.29, 1.82) is 0 Å². The van der Waals surface area contributed by atoms with E-state index in [4.69, 9.17) is 0 Å². The van der Waals surface area contributed by atoms with Crippen molar-refractivity contribution >= 4 is 23.7 Å². The second-order valence-electron chi connectivity index (χ2n) is 8.17. The van der Waals surface area contributed by atoms with E-state index >= 15 is 0 Å². The van der Waals surface area contributed by atoms with E-state index in [0.717, 1.165) is 12.0 Å². The molecule has 4 unspecified atom stereocenters. The van der Waals surface area contributed by atoms with E-state index in [0.29, 0.717) is 32.4 Å². The number of nitrogens with zero attached hydrogens (tertiary/aromatic N) is 1. The van der Waals surface area contributed by atoms with Crippen molar-refractivity contribution in [3.8, 4) is 0 Å². The minimum atomic E-state index is -1.22. The first-order valence-corrected chi connectivity index (χ1v) is 10.9. The molecule has 2 heterocycles. The van der Waals surface area contributed by atoms with Crippen LogP contribution < -0.4 is 16.0 Å². The molecule has 2 fully saturated rings. The van der Waals surface area contributed by atoms with Gasteiger partial charge < -0.3 is 31.1 Å². The highest BCUT2D eigenvalue weighted by Gasteiger charge is 2.38. The number of hydrogen-bond acceptors (Lipinski definition) is 6. The number of likely N-dealkylation sites (tertiary alicyclic amines) is 1. The topological polar surface area (TPSA) is 148 Å². The molecular weight excluding hydrogens is 416 g/mol. The first kappa shape index (κ1) is 23.7. The lowest BCUT2D eigenvalue weighted by atomic mass is 10.0. The molecule has 5 N–H and O–H groups in total. The Morgan fingerprint density at radius 1 is 1.06 bits per heavy atom. The summed E-state index contributed by atoms with van der Waals surface area (Å²) in [6.45, 7) is 0.380. The maximum atomic E-state index is 13.2. The summed E-state index contributed by atoms with van der Waals surface area (Å²) in [6.07, 6.45) is 2.58. The van der Waals surface area contributed by atoms with Crippen LogP contribution in [0.25, 0.3) is 0 Å². The zero-order valence-corrected chi connectivity index (χ0v) is 17.8. The van der Waals surface area contributed by atoms with Gasteiger partial charge in [0, 0.05) is 13.0 Å². The highest BCUT2D eigenvalue weighted by atomic mass is 16.4. The van der Waals surface area contributed by atoms with Gasteiger partial charge in [-0.25, -0.2) is 4.79 Å². The summed E-state index contributed by atoms with van der Waals surface area (Å²) in [5, 5.41) is 27.3. The maximum Gasteiger partial charge on any atom is 0.326 e. The van der Waals surface area contributed by atoms with Gasteiger partial charge in [0.2, 0.25) is 17.7 Å². The molecule has 3 amide bonds. The number of rotatable bonds is 9. The number of amides is 3. The monoisotopic (exact) mass is 446 g/mol. The standard InChI is InChI=1S/C22H30N4O6/c27-13-17(25-19(28)15-8-4-10-23-15)20(29)24-16(12-14-6-2-1-3-7-14)21(30)26-11-5-9-18(26)22(31)32/h1-3,6-7,15-18,23,27H,4-5,8-13H2,(H,24,29)(H,25,28)(H,31,32). The van der Waals surface area contributed by atoms with Crippen molar-refractivity contribution in [2.75, 3.05) is 19.7 Å². The van der Waals surface area contributed by atoms with Crippen molar-refractivity contribution in [2.24, 2.45) is 0 Å². The van der Waals surface area contributed by atoms with E-state index in [1.165, 1.54) is 4.90 Å². The van der Waals surface area contributed by atoms with Gasteiger partial charge in [-0.2, -0.15) is 0 Å². The highest BCUT2D eigenvalue weighted by molar-refractivity contribution is 5.94. The summed E-state index contributed by atoms with van der Waals surface area (Å²) >= 11 is 0. The SMILES string of the molecule is O=C(NC(CO)C(=O)NC(Cc1ccccc1)C(=O)N1CCCC1C(=O)O)C1CCCN1. The van der Waals surface area contributed by atoms with Crippen LogP contribution in [-0.2, 0) is 25.6 Å². The van der Waals surface area contributed by atoms with Crippen molar-refractivity contribution in [3.63, 3.8) is 0 Å². The summed E-state index contributed by atoms with van der Waals surface area (Å²) in [5.41, 5.74) is 0.789. The Morgan fingerprint density at radius 2 is 1.81 bits per heavy atom. The van der Waals surface area contributed by atoms with Crippen LogP contribution in [0.4, 0.5) is 0 Å². The van der Waals surface area contributed by atoms with Crippen LogP contribution in [0, 0.1) is 0 Å². The van der Waals surface area contributed by atoms with Gasteiger partial charge in [-0.05, 0) is 37.8 Å². The second-order valence-corrected chi connectivity index (χ2v) is 8.17. The van der Waals surface area contributed by atoms with Gasteiger partial charge in [0.05, 0.1) is 12.6 Å². The Hall–Kier alpha value is -2.98. The zero-order valence-electron chi connectivity index (χ0n) is 17.8. The van der Waals surface area contributed by atoms with Gasteiger partial charge >= 0.3 is 5.97 Å². The lowest BCUT2D eigenvalue weighted by molar-refractivity contribution is -0.149. The summed E-state index contributed by atoms with van der Waals surface area (Å²) in [7, 11) is 0. The van der Waals surface area contributed by atoms with Gasteiger partial charge in [-0.1, -0.05) is 30.3 Å². The minimum absolute atomic E-state index is 0.157. The molecular formula is C22H30N4O6. The summed E-state index contributed by atoms with van der Waals surface area (Å²) in [5.74, 6) is -2.65. The van der Waals surface area contributed by atoms with Crippen molar-refractivity contribution < 1.29 is 29.4 Å². The smallest absolute Gasteiger partial charge is 0.326 e. The van der Waals surface area contributed by atoms with Crippen LogP contribution >= 0.6 is 0 Å². The van der Waals surface area contributed by atoms with Crippen LogP contribution in [0.2, 0.25) is 0 Å². The van der Waals surface area contributed by atoms with Gasteiger partial charge in [0.15, 0.2) is 0 Å². The zero-order chi connectivity index (χ0) is 23.1. The fourth-order valence-corrected chi connectivity index (χ4v) is 4.18. The molecule has 0 aliphatic carbocycles. The van der Waals surface area contributed by atoms with Crippen LogP contribution in [0.1, 0.15) is 31.2 Å². The number of nitrogens with one attached hydrogen (secondary N) is 3. The second kappa shape index (κ2) is 11.1. The predicted octanol–water partition coefficient (Wildman–Crippen LogP) is -0.981. The number of aliphatic hydroxyl groups excluding tert-OH is 1. The molecule has 1 aromatic carbocycles. The van der Waals surface area contributed by atoms with E-state index in [9.17, 15) is 29.4 Å². The Balaban J connectivity index is 1.73. The fraction of sp³-hybridized carbons (Fsp3) is 0.545. The van der Waals surface area contributed by atoms with Gasteiger partial charge in [0.25, 0.3) is 0 Å². The molecule has 2 aliphatic rings. The molecule has 10 nitrogen and oxygen atoms in total. The number of carbonyl (C=O) groups excluding carboxylic acids is 3. The molecule has 0 radical (unpaired) electrons. The number of aliphatic carboxylic acids is 1. The van der Waals surface area contributed by atoms with Crippen LogP contribution in [-0.4, -0.2) is 82.7 Å². The van der Waals surface area contributed by atoms with E-state index in [2.05, 4.69) is 16.0 Å². The first-order valence-electron chi connectivity index (χ1n) is 10.9. The summed E-state index contributed by atoms with van der Waals surface area (Å²) in [6, 6.07) is 5.46. The largest absolute Gasteiger partial charge is 0.480 e. The molecule has 10 heteroatoms. The molecule has 4 atom stereocenters. The number of carboxylic acids is 1. The Labute approximate surface area is 186 Å². The summed E-state index contributed by atoms with van der Waals surface area (Å²) < 4.78 is 0. The third kappa shape index (κ3) is 5.83. The lowest BCUT2D eigenvalue weighted by Crippen LogP contribution is -2.58. The molecule has 0 saturated carbocycles. The molecule has 0 bridgehead atoms. The Morgan fingerprint density at radius 3 is 2.44 bits per heavy atom. The number of carbonyl (C=O) groups is 4. The average Bonchev–Trinajstić information content (AvgIpc) is 3.49. The third-order valence-electron chi connectivity index (χ3n) is 5.91. The third-order valence-corrected chi connectivity index (χ3v) is 5.91. The van der Waals surface area contributed by atoms with Crippen LogP contribution in [0.5, 0.6) is 0 Å². The lowest BCUT2D eigenvalue weighted by Gasteiger charge is -2.28. The normalized spacial score (nSPS) is 22.2. The van der Waals surface area contributed by atoms with E-state index in [-0.39, 0.29) is 12.3 Å². The number of carboxylic acid groups (broad SMARTS) is 1. The Bertz CT molecular complexity index is 827. The van der Waals surface area contributed by atoms with Gasteiger partial charge in [0.1, 0.15) is 18.1 Å². The molecule has 0 spiro atoms. The number of hydrogen-bond donors (Lipinski definition) is 5. The first-order chi connectivity index (χ1) is 15.4. The van der Waals surface area contributed by atoms with Gasteiger partial charge in [-0.3, -0.25) is 14.4 Å². The van der Waals surface area contributed by atoms with Crippen LogP contribution in [0.3, 0.4) is 0 Å². The van der Waals surface area contributed by atoms with Crippen molar-refractivity contribution in [3.05, 3.63) is 35.9 Å². The molecule has 32 heavy (non-hydrogen) atoms. The molecule has 2 aliphatic heterocycles. The number of aliphatic hydroxyl groups is 1. The molecule has 2 saturated heterocycles. The van der Waals surface area contributed by atoms with Crippen LogP contribution in [0.15, 0.2) is 30.3 Å². The number of benzene rings is 1. The molecule has 0 aromatic heterocycles. The summed E-state index contributed by atoms with van der Waals surface area (Å²) in [4.78, 5) is 51.3. The molecule has 3 rings (SSSR count). The predicted molar refractivity (Wildman–Crippen MR) is 114 cm³/mol. The van der Waals surface area contributed by atoms with Crippen molar-refractivity contribution in [2.45, 2.75) is 56.3 Å². The fourth-order valence-electron chi connectivity index (χ4n) is 4.18. The highest BCUT2D eigenvalue weighted by Crippen LogP contribution is 2.19. The molecule has 174 valence electrons. The quantitative estimate of drug-likeness (QED) is 0.327. The minimum Gasteiger partial charge on any atom is -0.480 e. The average molecular weight is 447 g/mol. The maximum absolute atomic E-state index is 13.2. The van der Waals surface area contributed by atoms with E-state index < -0.39 is 48.6 Å². The van der Waals surface area contributed by atoms with E-state index in [1.54, 1.807) is 12.1 Å². The van der Waals surface area contributed by atoms with Gasteiger partial charge in [-0.15, -0.1) is 0 Å². The van der Waals surface area contributed by atoms with E-state index in [1.807, 2.05) is 18.2 Å². The van der Waals surface area contributed by atoms with Crippen molar-refractivity contribution in [1.82, 2.24) is 20.9 Å². The molecule has 1 aromatic rings. The Kier molecular flexibility index (Phi) is 8.18.